The Morgan fingerprint density at radius 1 is 1.38 bits per heavy atom. The monoisotopic (exact) mass is 291 g/mol. The van der Waals surface area contributed by atoms with Crippen molar-refractivity contribution in [2.45, 2.75) is 25.7 Å². The van der Waals surface area contributed by atoms with E-state index in [9.17, 15) is 14.9 Å². The van der Waals surface area contributed by atoms with Crippen molar-refractivity contribution in [3.05, 3.63) is 34.4 Å². The highest BCUT2D eigenvalue weighted by atomic mass is 16.6. The Morgan fingerprint density at radius 2 is 2.00 bits per heavy atom. The molecule has 1 aromatic carbocycles. The number of urea groups is 1. The summed E-state index contributed by atoms with van der Waals surface area (Å²) in [5.41, 5.74) is 7.36. The lowest BCUT2D eigenvalue weighted by atomic mass is 10.1. The molecule has 1 fully saturated rings. The van der Waals surface area contributed by atoms with E-state index in [1.54, 1.807) is 0 Å². The quantitative estimate of drug-likeness (QED) is 0.493. The van der Waals surface area contributed by atoms with Gasteiger partial charge in [-0.05, 0) is 30.9 Å². The average Bonchev–Trinajstić information content (AvgIpc) is 3.00. The summed E-state index contributed by atoms with van der Waals surface area (Å²) in [6, 6.07) is 4.84. The largest absolute Gasteiger partial charge is 0.344 e. The van der Waals surface area contributed by atoms with Gasteiger partial charge in [0.25, 0.3) is 5.69 Å². The maximum absolute atomic E-state index is 12.0. The molecule has 1 saturated carbocycles. The number of amides is 2. The van der Waals surface area contributed by atoms with E-state index in [-0.39, 0.29) is 5.69 Å². The Hall–Kier alpha value is -2.51. The summed E-state index contributed by atoms with van der Waals surface area (Å²) in [4.78, 5) is 22.1. The zero-order valence-corrected chi connectivity index (χ0v) is 11.5. The van der Waals surface area contributed by atoms with Crippen LogP contribution in [0.5, 0.6) is 0 Å². The summed E-state index contributed by atoms with van der Waals surface area (Å²) in [5.74, 6) is 0.485. The van der Waals surface area contributed by atoms with E-state index in [0.717, 1.165) is 17.9 Å². The Bertz CT molecular complexity index is 525. The molecule has 0 aliphatic heterocycles. The van der Waals surface area contributed by atoms with Crippen LogP contribution in [0.1, 0.15) is 25.7 Å². The SMILES string of the molecule is N=NN(C(=O)NCC1CCCC1)c1ccc([N+](=O)[O-])cc1. The van der Waals surface area contributed by atoms with Crippen LogP contribution in [0.4, 0.5) is 16.2 Å². The number of nitrogens with one attached hydrogen (secondary N) is 2. The van der Waals surface area contributed by atoms with E-state index >= 15 is 0 Å². The number of nitro groups is 1. The standard InChI is InChI=1S/C13H17N5O3/c14-16-17(11-5-7-12(8-6-11)18(20)21)13(19)15-9-10-3-1-2-4-10/h5-8,10,14H,1-4,9H2,(H,15,19). The first kappa shape index (κ1) is 14.9. The summed E-state index contributed by atoms with van der Waals surface area (Å²) in [6.07, 6.45) is 4.59. The lowest BCUT2D eigenvalue weighted by Gasteiger charge is -2.17. The Morgan fingerprint density at radius 3 is 2.52 bits per heavy atom. The van der Waals surface area contributed by atoms with Crippen molar-refractivity contribution in [3.8, 4) is 0 Å². The molecule has 2 N–H and O–H groups in total. The van der Waals surface area contributed by atoms with Gasteiger partial charge >= 0.3 is 6.03 Å². The number of carbonyl (C=O) groups is 1. The molecular formula is C13H17N5O3. The number of nitro benzene ring substituents is 1. The van der Waals surface area contributed by atoms with Crippen molar-refractivity contribution in [2.24, 2.45) is 11.1 Å². The lowest BCUT2D eigenvalue weighted by molar-refractivity contribution is -0.384. The number of non-ortho nitro benzene ring substituents is 1. The Kier molecular flexibility index (Phi) is 4.81. The molecular weight excluding hydrogens is 274 g/mol. The molecule has 0 radical (unpaired) electrons. The van der Waals surface area contributed by atoms with E-state index in [4.69, 9.17) is 5.53 Å². The number of anilines is 1. The molecule has 0 spiro atoms. The minimum atomic E-state index is -0.522. The van der Waals surface area contributed by atoms with Gasteiger partial charge in [-0.2, -0.15) is 10.5 Å². The fraction of sp³-hybridized carbons (Fsp3) is 0.462. The Labute approximate surface area is 121 Å². The highest BCUT2D eigenvalue weighted by Crippen LogP contribution is 2.24. The molecule has 0 unspecified atom stereocenters. The zero-order valence-electron chi connectivity index (χ0n) is 11.5. The first-order valence-electron chi connectivity index (χ1n) is 6.81. The molecule has 1 aliphatic rings. The van der Waals surface area contributed by atoms with E-state index < -0.39 is 11.0 Å². The first-order chi connectivity index (χ1) is 10.1. The molecule has 0 atom stereocenters. The van der Waals surface area contributed by atoms with Crippen LogP contribution < -0.4 is 10.3 Å². The first-order valence-corrected chi connectivity index (χ1v) is 6.81. The van der Waals surface area contributed by atoms with Crippen LogP contribution in [0, 0.1) is 21.6 Å². The van der Waals surface area contributed by atoms with Crippen molar-refractivity contribution in [1.82, 2.24) is 5.32 Å². The van der Waals surface area contributed by atoms with Gasteiger partial charge in [-0.15, -0.1) is 0 Å². The van der Waals surface area contributed by atoms with Crippen LogP contribution in [0.25, 0.3) is 0 Å². The van der Waals surface area contributed by atoms with E-state index in [2.05, 4.69) is 10.5 Å². The maximum atomic E-state index is 12.0. The second-order valence-corrected chi connectivity index (χ2v) is 5.02. The van der Waals surface area contributed by atoms with Crippen LogP contribution in [-0.4, -0.2) is 17.5 Å². The maximum Gasteiger partial charge on any atom is 0.344 e. The molecule has 1 aromatic rings. The predicted molar refractivity (Wildman–Crippen MR) is 76.1 cm³/mol. The summed E-state index contributed by atoms with van der Waals surface area (Å²) >= 11 is 0. The number of hydrogen-bond acceptors (Lipinski definition) is 5. The van der Waals surface area contributed by atoms with Crippen LogP contribution >= 0.6 is 0 Å². The molecule has 0 aromatic heterocycles. The number of nitrogens with zero attached hydrogens (tertiary/aromatic N) is 3. The zero-order chi connectivity index (χ0) is 15.2. The fourth-order valence-electron chi connectivity index (χ4n) is 2.46. The van der Waals surface area contributed by atoms with E-state index in [1.165, 1.54) is 37.1 Å². The van der Waals surface area contributed by atoms with Crippen LogP contribution in [0.3, 0.4) is 0 Å². The highest BCUT2D eigenvalue weighted by molar-refractivity contribution is 5.91. The van der Waals surface area contributed by atoms with Gasteiger partial charge < -0.3 is 5.32 Å². The molecule has 2 amide bonds. The topological polar surface area (TPSA) is 112 Å². The van der Waals surface area contributed by atoms with Gasteiger partial charge in [-0.25, -0.2) is 4.79 Å². The summed E-state index contributed by atoms with van der Waals surface area (Å²) in [6.45, 7) is 0.567. The summed E-state index contributed by atoms with van der Waals surface area (Å²) < 4.78 is 0. The van der Waals surface area contributed by atoms with Gasteiger partial charge in [0, 0.05) is 18.7 Å². The molecule has 0 heterocycles. The third-order valence-corrected chi connectivity index (χ3v) is 3.61. The van der Waals surface area contributed by atoms with Crippen molar-refractivity contribution < 1.29 is 9.72 Å². The number of carbonyl (C=O) groups excluding carboxylic acids is 1. The summed E-state index contributed by atoms with van der Waals surface area (Å²) in [5, 5.41) is 17.4. The van der Waals surface area contributed by atoms with Gasteiger partial charge in [-0.3, -0.25) is 10.1 Å². The van der Waals surface area contributed by atoms with Gasteiger partial charge in [0.1, 0.15) is 0 Å². The van der Waals surface area contributed by atoms with Gasteiger partial charge in [-0.1, -0.05) is 18.1 Å². The minimum Gasteiger partial charge on any atom is -0.336 e. The minimum absolute atomic E-state index is 0.0740. The van der Waals surface area contributed by atoms with Crippen molar-refractivity contribution in [2.75, 3.05) is 11.6 Å². The molecule has 0 bridgehead atoms. The summed E-state index contributed by atoms with van der Waals surface area (Å²) in [7, 11) is 0. The fourth-order valence-corrected chi connectivity index (χ4v) is 2.46. The van der Waals surface area contributed by atoms with Crippen molar-refractivity contribution in [1.29, 1.82) is 5.53 Å². The molecule has 1 aliphatic carbocycles. The van der Waals surface area contributed by atoms with Crippen LogP contribution in [0.2, 0.25) is 0 Å². The number of hydrogen-bond donors (Lipinski definition) is 2. The van der Waals surface area contributed by atoms with Crippen molar-refractivity contribution in [3.63, 3.8) is 0 Å². The number of rotatable bonds is 5. The van der Waals surface area contributed by atoms with Crippen LogP contribution in [-0.2, 0) is 0 Å². The van der Waals surface area contributed by atoms with Gasteiger partial charge in [0.05, 0.1) is 10.6 Å². The molecule has 8 nitrogen and oxygen atoms in total. The lowest BCUT2D eigenvalue weighted by Crippen LogP contribution is -2.38. The molecule has 8 heteroatoms. The third-order valence-electron chi connectivity index (χ3n) is 3.61. The molecule has 21 heavy (non-hydrogen) atoms. The molecule has 2 rings (SSSR count). The number of benzene rings is 1. The predicted octanol–water partition coefficient (Wildman–Crippen LogP) is 3.25. The van der Waals surface area contributed by atoms with Gasteiger partial charge in [0.15, 0.2) is 0 Å². The Balaban J connectivity index is 1.98. The van der Waals surface area contributed by atoms with Gasteiger partial charge in [0.2, 0.25) is 0 Å². The average molecular weight is 291 g/mol. The highest BCUT2D eigenvalue weighted by Gasteiger charge is 2.20. The second-order valence-electron chi connectivity index (χ2n) is 5.02. The van der Waals surface area contributed by atoms with E-state index in [0.29, 0.717) is 18.2 Å². The second kappa shape index (κ2) is 6.78. The third kappa shape index (κ3) is 3.74. The molecule has 0 saturated heterocycles. The van der Waals surface area contributed by atoms with Crippen LogP contribution in [0.15, 0.2) is 29.5 Å². The smallest absolute Gasteiger partial charge is 0.336 e. The van der Waals surface area contributed by atoms with Crippen molar-refractivity contribution >= 4 is 17.4 Å². The normalized spacial score (nSPS) is 14.7. The van der Waals surface area contributed by atoms with E-state index in [1.807, 2.05) is 0 Å². The molecule has 112 valence electrons.